The predicted octanol–water partition coefficient (Wildman–Crippen LogP) is 2.74. The molecule has 0 aromatic heterocycles. The summed E-state index contributed by atoms with van der Waals surface area (Å²) in [6.07, 6.45) is -2.12. The number of rotatable bonds is 3. The van der Waals surface area contributed by atoms with Gasteiger partial charge in [0.25, 0.3) is 0 Å². The molecule has 0 aromatic carbocycles. The van der Waals surface area contributed by atoms with Gasteiger partial charge in [-0.2, -0.15) is 13.2 Å². The van der Waals surface area contributed by atoms with Crippen LogP contribution in [0.2, 0.25) is 0 Å². The maximum Gasteiger partial charge on any atom is 0.416 e. The smallest absolute Gasteiger partial charge is 0.405 e. The first-order valence-electron chi connectivity index (χ1n) is 3.71. The monoisotopic (exact) mass is 330 g/mol. The summed E-state index contributed by atoms with van der Waals surface area (Å²) in [4.78, 5) is 0. The Morgan fingerprint density at radius 1 is 1.27 bits per heavy atom. The highest BCUT2D eigenvalue weighted by Gasteiger charge is 2.35. The number of hydrogen-bond donors (Lipinski definition) is 2. The molecule has 0 radical (unpaired) electrons. The Balaban J connectivity index is 5.46. The molecule has 0 aromatic rings. The van der Waals surface area contributed by atoms with Crippen LogP contribution in [0.1, 0.15) is 0 Å². The second-order valence-corrected chi connectivity index (χ2v) is 3.75. The SMILES string of the molecule is C=C(N)/C(C(=C)C(F)(F)F)=C(I)\C=C/N. The van der Waals surface area contributed by atoms with Gasteiger partial charge in [-0.25, -0.2) is 0 Å². The van der Waals surface area contributed by atoms with Crippen molar-refractivity contribution in [1.82, 2.24) is 0 Å². The van der Waals surface area contributed by atoms with Crippen LogP contribution in [0.15, 0.2) is 45.9 Å². The van der Waals surface area contributed by atoms with Crippen LogP contribution in [0.5, 0.6) is 0 Å². The van der Waals surface area contributed by atoms with Crippen LogP contribution in [0, 0.1) is 0 Å². The third-order valence-corrected chi connectivity index (χ3v) is 2.35. The number of halogens is 4. The van der Waals surface area contributed by atoms with Gasteiger partial charge in [-0.05, 0) is 34.9 Å². The number of allylic oxidation sites excluding steroid dienone is 3. The molecular weight excluding hydrogens is 320 g/mol. The van der Waals surface area contributed by atoms with Crippen molar-refractivity contribution in [3.05, 3.63) is 45.9 Å². The molecular formula is C9H10F3IN2. The number of nitrogens with two attached hydrogens (primary N) is 2. The van der Waals surface area contributed by atoms with Crippen LogP contribution in [0.3, 0.4) is 0 Å². The molecule has 0 unspecified atom stereocenters. The molecule has 6 heteroatoms. The van der Waals surface area contributed by atoms with E-state index in [-0.39, 0.29) is 14.8 Å². The number of alkyl halides is 3. The van der Waals surface area contributed by atoms with E-state index < -0.39 is 11.7 Å². The summed E-state index contributed by atoms with van der Waals surface area (Å²) in [5, 5.41) is 0. The van der Waals surface area contributed by atoms with Gasteiger partial charge < -0.3 is 11.5 Å². The van der Waals surface area contributed by atoms with E-state index in [4.69, 9.17) is 11.5 Å². The first kappa shape index (κ1) is 14.1. The van der Waals surface area contributed by atoms with E-state index in [9.17, 15) is 13.2 Å². The minimum absolute atomic E-state index is 0.195. The quantitative estimate of drug-likeness (QED) is 0.618. The first-order chi connectivity index (χ1) is 6.71. The topological polar surface area (TPSA) is 52.0 Å². The molecule has 0 aliphatic rings. The molecule has 0 heterocycles. The molecule has 84 valence electrons. The summed E-state index contributed by atoms with van der Waals surface area (Å²) in [7, 11) is 0. The van der Waals surface area contributed by atoms with Crippen LogP contribution in [-0.4, -0.2) is 6.18 Å². The van der Waals surface area contributed by atoms with Gasteiger partial charge in [0.2, 0.25) is 0 Å². The Hall–Kier alpha value is -0.920. The Morgan fingerprint density at radius 2 is 1.73 bits per heavy atom. The fourth-order valence-corrected chi connectivity index (χ4v) is 1.68. The molecule has 0 saturated carbocycles. The van der Waals surface area contributed by atoms with E-state index in [0.29, 0.717) is 0 Å². The van der Waals surface area contributed by atoms with Crippen molar-refractivity contribution in [1.29, 1.82) is 0 Å². The van der Waals surface area contributed by atoms with E-state index in [2.05, 4.69) is 13.2 Å². The molecule has 15 heavy (non-hydrogen) atoms. The van der Waals surface area contributed by atoms with E-state index in [1.165, 1.54) is 6.08 Å². The minimum atomic E-state index is -4.53. The molecule has 4 N–H and O–H groups in total. The van der Waals surface area contributed by atoms with Gasteiger partial charge in [-0.15, -0.1) is 0 Å². The third kappa shape index (κ3) is 3.98. The first-order valence-corrected chi connectivity index (χ1v) is 4.79. The zero-order valence-electron chi connectivity index (χ0n) is 7.74. The zero-order valence-corrected chi connectivity index (χ0v) is 9.89. The molecule has 0 saturated heterocycles. The molecule has 0 fully saturated rings. The Kier molecular flexibility index (Phi) is 4.92. The fraction of sp³-hybridized carbons (Fsp3) is 0.111. The lowest BCUT2D eigenvalue weighted by molar-refractivity contribution is -0.0887. The van der Waals surface area contributed by atoms with Crippen molar-refractivity contribution in [3.63, 3.8) is 0 Å². The second-order valence-electron chi connectivity index (χ2n) is 2.58. The van der Waals surface area contributed by atoms with Crippen molar-refractivity contribution in [2.45, 2.75) is 6.18 Å². The van der Waals surface area contributed by atoms with E-state index in [1.54, 1.807) is 22.6 Å². The van der Waals surface area contributed by atoms with Crippen LogP contribution in [0.25, 0.3) is 0 Å². The van der Waals surface area contributed by atoms with Gasteiger partial charge in [0.05, 0.1) is 5.57 Å². The second kappa shape index (κ2) is 5.24. The highest BCUT2D eigenvalue weighted by molar-refractivity contribution is 14.1. The molecule has 0 rings (SSSR count). The van der Waals surface area contributed by atoms with Gasteiger partial charge in [0, 0.05) is 14.8 Å². The summed E-state index contributed by atoms with van der Waals surface area (Å²) in [5.41, 5.74) is 8.89. The maximum atomic E-state index is 12.4. The van der Waals surface area contributed by atoms with Gasteiger partial charge in [0.1, 0.15) is 0 Å². The Labute approximate surface area is 99.3 Å². The molecule has 0 aliphatic heterocycles. The van der Waals surface area contributed by atoms with Gasteiger partial charge in [-0.1, -0.05) is 13.2 Å². The van der Waals surface area contributed by atoms with Crippen LogP contribution >= 0.6 is 22.6 Å². The fourth-order valence-electron chi connectivity index (χ4n) is 0.801. The lowest BCUT2D eigenvalue weighted by atomic mass is 10.0. The highest BCUT2D eigenvalue weighted by atomic mass is 127. The van der Waals surface area contributed by atoms with E-state index in [0.717, 1.165) is 6.20 Å². The van der Waals surface area contributed by atoms with E-state index in [1.807, 2.05) is 0 Å². The lowest BCUT2D eigenvalue weighted by Gasteiger charge is -2.14. The van der Waals surface area contributed by atoms with Gasteiger partial charge in [-0.3, -0.25) is 0 Å². The Bertz CT molecular complexity index is 340. The predicted molar refractivity (Wildman–Crippen MR) is 62.9 cm³/mol. The van der Waals surface area contributed by atoms with Crippen molar-refractivity contribution in [3.8, 4) is 0 Å². The van der Waals surface area contributed by atoms with Crippen molar-refractivity contribution < 1.29 is 13.2 Å². The van der Waals surface area contributed by atoms with Crippen molar-refractivity contribution in [2.24, 2.45) is 11.5 Å². The molecule has 0 bridgehead atoms. The van der Waals surface area contributed by atoms with Crippen LogP contribution in [-0.2, 0) is 0 Å². The van der Waals surface area contributed by atoms with Crippen LogP contribution in [0.4, 0.5) is 13.2 Å². The Morgan fingerprint density at radius 3 is 2.00 bits per heavy atom. The van der Waals surface area contributed by atoms with Crippen molar-refractivity contribution in [2.75, 3.05) is 0 Å². The molecule has 0 atom stereocenters. The molecule has 2 nitrogen and oxygen atoms in total. The van der Waals surface area contributed by atoms with Crippen molar-refractivity contribution >= 4 is 22.6 Å². The number of hydrogen-bond acceptors (Lipinski definition) is 2. The summed E-state index contributed by atoms with van der Waals surface area (Å²) in [5.74, 6) is 0. The highest BCUT2D eigenvalue weighted by Crippen LogP contribution is 2.35. The summed E-state index contributed by atoms with van der Waals surface area (Å²) in [6.45, 7) is 6.22. The maximum absolute atomic E-state index is 12.4. The minimum Gasteiger partial charge on any atom is -0.405 e. The zero-order chi connectivity index (χ0) is 12.2. The summed E-state index contributed by atoms with van der Waals surface area (Å²) < 4.78 is 37.4. The lowest BCUT2D eigenvalue weighted by Crippen LogP contribution is -2.16. The standard InChI is InChI=1S/C9H10F3IN2/c1-5(9(10,11)12)8(6(2)15)7(13)3-4-14/h3-4H,1-2,14-15H2/b4-3-,8-7+. The largest absolute Gasteiger partial charge is 0.416 e. The van der Waals surface area contributed by atoms with Gasteiger partial charge >= 0.3 is 6.18 Å². The molecule has 0 aliphatic carbocycles. The molecule has 0 spiro atoms. The van der Waals surface area contributed by atoms with E-state index >= 15 is 0 Å². The third-order valence-electron chi connectivity index (χ3n) is 1.45. The average molecular weight is 330 g/mol. The average Bonchev–Trinajstić information content (AvgIpc) is 2.02. The summed E-state index contributed by atoms with van der Waals surface area (Å²) >= 11 is 1.69. The molecule has 0 amide bonds. The normalized spacial score (nSPS) is 13.9. The summed E-state index contributed by atoms with van der Waals surface area (Å²) in [6, 6.07) is 0. The van der Waals surface area contributed by atoms with Gasteiger partial charge in [0.15, 0.2) is 0 Å². The van der Waals surface area contributed by atoms with Crippen LogP contribution < -0.4 is 11.5 Å².